The Hall–Kier alpha value is -2.12. The first-order valence-electron chi connectivity index (χ1n) is 5.84. The predicted molar refractivity (Wildman–Crippen MR) is 64.0 cm³/mol. The summed E-state index contributed by atoms with van der Waals surface area (Å²) in [5, 5.41) is 2.33. The molecule has 0 spiro atoms. The van der Waals surface area contributed by atoms with Crippen molar-refractivity contribution >= 4 is 23.8 Å². The van der Waals surface area contributed by atoms with Crippen LogP contribution >= 0.6 is 0 Å². The third-order valence-electron chi connectivity index (χ3n) is 2.76. The number of carbonyl (C=O) groups is 4. The van der Waals surface area contributed by atoms with Crippen LogP contribution in [0.2, 0.25) is 0 Å². The Bertz CT molecular complexity index is 380. The summed E-state index contributed by atoms with van der Waals surface area (Å²) in [5.74, 6) is -1.11. The zero-order valence-corrected chi connectivity index (χ0v) is 11.0. The molecular formula is C11H17N3O5. The number of amides is 4. The molecule has 8 nitrogen and oxygen atoms in total. The minimum Gasteiger partial charge on any atom is -0.469 e. The predicted octanol–water partition coefficient (Wildman–Crippen LogP) is -1.05. The first-order chi connectivity index (χ1) is 8.95. The molecule has 0 saturated carbocycles. The van der Waals surface area contributed by atoms with Crippen molar-refractivity contribution in [3.8, 4) is 0 Å². The molecule has 0 bridgehead atoms. The molecule has 106 valence electrons. The normalized spacial score (nSPS) is 14.3. The van der Waals surface area contributed by atoms with E-state index in [1.54, 1.807) is 7.05 Å². The lowest BCUT2D eigenvalue weighted by Gasteiger charge is -2.19. The third kappa shape index (κ3) is 4.23. The summed E-state index contributed by atoms with van der Waals surface area (Å²) < 4.78 is 4.48. The average Bonchev–Trinajstić information content (AvgIpc) is 2.69. The number of esters is 1. The number of rotatable bonds is 6. The van der Waals surface area contributed by atoms with Crippen LogP contribution in [0, 0.1) is 0 Å². The number of urea groups is 1. The van der Waals surface area contributed by atoms with Gasteiger partial charge in [0.15, 0.2) is 0 Å². The van der Waals surface area contributed by atoms with Crippen molar-refractivity contribution in [2.24, 2.45) is 0 Å². The van der Waals surface area contributed by atoms with Crippen LogP contribution in [0.5, 0.6) is 0 Å². The van der Waals surface area contributed by atoms with Gasteiger partial charge in [-0.1, -0.05) is 0 Å². The number of nitrogens with zero attached hydrogens (tertiary/aromatic N) is 2. The highest BCUT2D eigenvalue weighted by Crippen LogP contribution is 2.01. The van der Waals surface area contributed by atoms with Crippen molar-refractivity contribution in [2.75, 3.05) is 33.8 Å². The van der Waals surface area contributed by atoms with E-state index in [1.165, 1.54) is 12.0 Å². The molecule has 4 amide bonds. The van der Waals surface area contributed by atoms with E-state index < -0.39 is 11.9 Å². The summed E-state index contributed by atoms with van der Waals surface area (Å²) in [5.41, 5.74) is 0. The van der Waals surface area contributed by atoms with Gasteiger partial charge in [0.05, 0.1) is 13.7 Å². The summed E-state index contributed by atoms with van der Waals surface area (Å²) in [6.45, 7) is 0.00907. The molecule has 0 aromatic heterocycles. The van der Waals surface area contributed by atoms with Crippen molar-refractivity contribution in [3.63, 3.8) is 0 Å². The topological polar surface area (TPSA) is 96.0 Å². The summed E-state index contributed by atoms with van der Waals surface area (Å²) in [6, 6.07) is -0.554. The van der Waals surface area contributed by atoms with E-state index in [4.69, 9.17) is 0 Å². The molecule has 0 radical (unpaired) electrons. The number of likely N-dealkylation sites (N-methyl/N-ethyl adjacent to an activating group) is 1. The Morgan fingerprint density at radius 3 is 2.63 bits per heavy atom. The second-order valence-electron chi connectivity index (χ2n) is 4.13. The first kappa shape index (κ1) is 14.9. The lowest BCUT2D eigenvalue weighted by Crippen LogP contribution is -2.42. The number of methoxy groups -OCH3 is 1. The maximum atomic E-state index is 11.8. The van der Waals surface area contributed by atoms with Crippen LogP contribution in [0.4, 0.5) is 4.79 Å². The van der Waals surface area contributed by atoms with E-state index >= 15 is 0 Å². The lowest BCUT2D eigenvalue weighted by atomic mass is 10.3. The highest BCUT2D eigenvalue weighted by atomic mass is 16.5. The molecule has 1 rings (SSSR count). The fraction of sp³-hybridized carbons (Fsp3) is 0.636. The Morgan fingerprint density at radius 1 is 1.42 bits per heavy atom. The number of carbonyl (C=O) groups excluding carboxylic acids is 4. The number of hydrogen-bond acceptors (Lipinski definition) is 5. The molecule has 19 heavy (non-hydrogen) atoms. The molecule has 1 fully saturated rings. The Kier molecular flexibility index (Phi) is 5.28. The van der Waals surface area contributed by atoms with Crippen LogP contribution in [0.3, 0.4) is 0 Å². The van der Waals surface area contributed by atoms with E-state index in [9.17, 15) is 19.2 Å². The molecule has 0 aliphatic carbocycles. The van der Waals surface area contributed by atoms with Gasteiger partial charge >= 0.3 is 12.0 Å². The van der Waals surface area contributed by atoms with Crippen LogP contribution in [0.15, 0.2) is 0 Å². The van der Waals surface area contributed by atoms with Crippen LogP contribution in [-0.2, 0) is 19.1 Å². The minimum absolute atomic E-state index is 0.0713. The molecule has 0 aromatic rings. The molecule has 1 heterocycles. The van der Waals surface area contributed by atoms with Crippen molar-refractivity contribution in [3.05, 3.63) is 0 Å². The second-order valence-corrected chi connectivity index (χ2v) is 4.13. The summed E-state index contributed by atoms with van der Waals surface area (Å²) in [6.07, 6.45) is 0.687. The SMILES string of the molecule is COC(=O)CCCN(C)C(=O)CN1C(=O)CNC1=O. The van der Waals surface area contributed by atoms with Crippen LogP contribution in [0.1, 0.15) is 12.8 Å². The monoisotopic (exact) mass is 271 g/mol. The van der Waals surface area contributed by atoms with Gasteiger partial charge in [-0.25, -0.2) is 4.79 Å². The molecule has 8 heteroatoms. The number of hydrogen-bond donors (Lipinski definition) is 1. The second kappa shape index (κ2) is 6.72. The number of imide groups is 1. The smallest absolute Gasteiger partial charge is 0.325 e. The molecular weight excluding hydrogens is 254 g/mol. The summed E-state index contributed by atoms with van der Waals surface area (Å²) in [7, 11) is 2.85. The van der Waals surface area contributed by atoms with Crippen molar-refractivity contribution in [1.29, 1.82) is 0 Å². The highest BCUT2D eigenvalue weighted by molar-refractivity contribution is 6.04. The third-order valence-corrected chi connectivity index (χ3v) is 2.76. The van der Waals surface area contributed by atoms with Gasteiger partial charge in [0.2, 0.25) is 5.91 Å². The molecule has 0 unspecified atom stereocenters. The maximum Gasteiger partial charge on any atom is 0.325 e. The minimum atomic E-state index is -0.554. The Balaban J connectivity index is 2.34. The van der Waals surface area contributed by atoms with E-state index in [-0.39, 0.29) is 31.4 Å². The number of ether oxygens (including phenoxy) is 1. The van der Waals surface area contributed by atoms with Crippen LogP contribution < -0.4 is 5.32 Å². The average molecular weight is 271 g/mol. The maximum absolute atomic E-state index is 11.8. The first-order valence-corrected chi connectivity index (χ1v) is 5.84. The fourth-order valence-electron chi connectivity index (χ4n) is 1.56. The number of nitrogens with one attached hydrogen (secondary N) is 1. The molecule has 1 aliphatic heterocycles. The highest BCUT2D eigenvalue weighted by Gasteiger charge is 2.30. The molecule has 0 aromatic carbocycles. The molecule has 1 aliphatic rings. The van der Waals surface area contributed by atoms with E-state index in [2.05, 4.69) is 10.1 Å². The molecule has 0 atom stereocenters. The summed E-state index contributed by atoms with van der Waals surface area (Å²) in [4.78, 5) is 47.5. The van der Waals surface area contributed by atoms with Crippen LogP contribution in [0.25, 0.3) is 0 Å². The Labute approximate surface area is 110 Å². The van der Waals surface area contributed by atoms with Gasteiger partial charge in [-0.2, -0.15) is 0 Å². The van der Waals surface area contributed by atoms with Gasteiger partial charge < -0.3 is 15.0 Å². The van der Waals surface area contributed by atoms with E-state index in [0.717, 1.165) is 4.90 Å². The zero-order chi connectivity index (χ0) is 14.4. The van der Waals surface area contributed by atoms with Gasteiger partial charge in [-0.3, -0.25) is 19.3 Å². The molecule has 1 N–H and O–H groups in total. The Morgan fingerprint density at radius 2 is 2.11 bits per heavy atom. The van der Waals surface area contributed by atoms with Crippen LogP contribution in [-0.4, -0.2) is 67.4 Å². The van der Waals surface area contributed by atoms with E-state index in [1.807, 2.05) is 0 Å². The lowest BCUT2D eigenvalue weighted by molar-refractivity contribution is -0.141. The zero-order valence-electron chi connectivity index (χ0n) is 11.0. The van der Waals surface area contributed by atoms with Gasteiger partial charge in [0.1, 0.15) is 6.54 Å². The standard InChI is InChI=1S/C11H17N3O5/c1-13(5-3-4-10(17)19-2)9(16)7-14-8(15)6-12-11(14)18/h3-7H2,1-2H3,(H,12,18). The quantitative estimate of drug-likeness (QED) is 0.491. The van der Waals surface area contributed by atoms with Crippen molar-refractivity contribution in [1.82, 2.24) is 15.1 Å². The van der Waals surface area contributed by atoms with Gasteiger partial charge in [-0.15, -0.1) is 0 Å². The fourth-order valence-corrected chi connectivity index (χ4v) is 1.56. The van der Waals surface area contributed by atoms with E-state index in [0.29, 0.717) is 13.0 Å². The summed E-state index contributed by atoms with van der Waals surface area (Å²) >= 11 is 0. The van der Waals surface area contributed by atoms with Gasteiger partial charge in [0.25, 0.3) is 5.91 Å². The van der Waals surface area contributed by atoms with Crippen molar-refractivity contribution in [2.45, 2.75) is 12.8 Å². The van der Waals surface area contributed by atoms with Gasteiger partial charge in [-0.05, 0) is 6.42 Å². The van der Waals surface area contributed by atoms with Crippen molar-refractivity contribution < 1.29 is 23.9 Å². The molecule has 1 saturated heterocycles. The van der Waals surface area contributed by atoms with Gasteiger partial charge in [0, 0.05) is 20.0 Å². The largest absolute Gasteiger partial charge is 0.469 e.